The fourth-order valence-electron chi connectivity index (χ4n) is 4.06. The molecule has 0 radical (unpaired) electrons. The van der Waals surface area contributed by atoms with Gasteiger partial charge in [0.15, 0.2) is 11.5 Å². The molecular weight excluding hydrogens is 422 g/mol. The van der Waals surface area contributed by atoms with E-state index in [-0.39, 0.29) is 36.4 Å². The molecule has 2 heterocycles. The molecule has 1 aromatic heterocycles. The molecule has 0 N–H and O–H groups in total. The Morgan fingerprint density at radius 2 is 1.79 bits per heavy atom. The van der Waals surface area contributed by atoms with E-state index in [9.17, 15) is 9.59 Å². The molecule has 0 saturated heterocycles. The van der Waals surface area contributed by atoms with Gasteiger partial charge in [-0.1, -0.05) is 18.2 Å². The molecule has 1 aliphatic heterocycles. The van der Waals surface area contributed by atoms with Crippen LogP contribution in [0.3, 0.4) is 0 Å². The standard InChI is InChI=1S/C25H27N3O5/c1-17-20-16-23(32-3)22(31-2)15-18(20)11-12-27(17)25(30)21-9-10-24(29)28(26-21)13-14-33-19-7-5-4-6-8-19/h4-10,15-17H,11-14H2,1-3H3/t17-/m1/s1. The van der Waals surface area contributed by atoms with E-state index in [1.165, 1.54) is 16.8 Å². The second kappa shape index (κ2) is 9.77. The number of benzene rings is 2. The minimum Gasteiger partial charge on any atom is -0.493 e. The summed E-state index contributed by atoms with van der Waals surface area (Å²) >= 11 is 0. The van der Waals surface area contributed by atoms with Crippen LogP contribution in [0.5, 0.6) is 17.2 Å². The Bertz CT molecular complexity index is 1190. The summed E-state index contributed by atoms with van der Waals surface area (Å²) in [6.45, 7) is 3.03. The van der Waals surface area contributed by atoms with Crippen LogP contribution in [0.2, 0.25) is 0 Å². The number of fused-ring (bicyclic) bond motifs is 1. The summed E-state index contributed by atoms with van der Waals surface area (Å²) in [4.78, 5) is 27.4. The molecule has 0 fully saturated rings. The van der Waals surface area contributed by atoms with E-state index >= 15 is 0 Å². The second-order valence-corrected chi connectivity index (χ2v) is 7.77. The summed E-state index contributed by atoms with van der Waals surface area (Å²) in [6, 6.07) is 15.9. The van der Waals surface area contributed by atoms with E-state index < -0.39 is 0 Å². The number of hydrogen-bond acceptors (Lipinski definition) is 6. The van der Waals surface area contributed by atoms with Gasteiger partial charge in [0, 0.05) is 12.6 Å². The molecule has 4 rings (SSSR count). The topological polar surface area (TPSA) is 82.9 Å². The molecule has 1 aliphatic rings. The van der Waals surface area contributed by atoms with Crippen molar-refractivity contribution in [2.24, 2.45) is 0 Å². The fourth-order valence-corrected chi connectivity index (χ4v) is 4.06. The third-order valence-corrected chi connectivity index (χ3v) is 5.85. The zero-order chi connectivity index (χ0) is 23.4. The third kappa shape index (κ3) is 4.69. The molecule has 0 spiro atoms. The Kier molecular flexibility index (Phi) is 6.63. The fraction of sp³-hybridized carbons (Fsp3) is 0.320. The van der Waals surface area contributed by atoms with Crippen molar-refractivity contribution in [3.05, 3.63) is 81.8 Å². The van der Waals surface area contributed by atoms with Crippen LogP contribution in [-0.2, 0) is 13.0 Å². The van der Waals surface area contributed by atoms with E-state index in [1.807, 2.05) is 49.4 Å². The monoisotopic (exact) mass is 449 g/mol. The van der Waals surface area contributed by atoms with Crippen LogP contribution in [0.25, 0.3) is 0 Å². The lowest BCUT2D eigenvalue weighted by Crippen LogP contribution is -2.40. The average Bonchev–Trinajstić information content (AvgIpc) is 2.85. The lowest BCUT2D eigenvalue weighted by Gasteiger charge is -2.35. The summed E-state index contributed by atoms with van der Waals surface area (Å²) in [5.74, 6) is 1.79. The Hall–Kier alpha value is -3.81. The number of methoxy groups -OCH3 is 2. The number of ether oxygens (including phenoxy) is 3. The predicted molar refractivity (Wildman–Crippen MR) is 123 cm³/mol. The molecule has 33 heavy (non-hydrogen) atoms. The zero-order valence-corrected chi connectivity index (χ0v) is 19.0. The molecule has 0 unspecified atom stereocenters. The second-order valence-electron chi connectivity index (χ2n) is 7.77. The van der Waals surface area contributed by atoms with Crippen LogP contribution in [0.15, 0.2) is 59.4 Å². The summed E-state index contributed by atoms with van der Waals surface area (Å²) in [5, 5.41) is 4.32. The van der Waals surface area contributed by atoms with Crippen molar-refractivity contribution in [2.45, 2.75) is 25.9 Å². The van der Waals surface area contributed by atoms with Gasteiger partial charge in [-0.3, -0.25) is 9.59 Å². The van der Waals surface area contributed by atoms with Gasteiger partial charge >= 0.3 is 0 Å². The maximum absolute atomic E-state index is 13.3. The minimum atomic E-state index is -0.280. The number of amides is 1. The van der Waals surface area contributed by atoms with Crippen LogP contribution >= 0.6 is 0 Å². The first kappa shape index (κ1) is 22.4. The van der Waals surface area contributed by atoms with Crippen LogP contribution in [0.1, 0.15) is 34.6 Å². The molecule has 2 aromatic carbocycles. The number of carbonyl (C=O) groups is 1. The van der Waals surface area contributed by atoms with Gasteiger partial charge in [-0.15, -0.1) is 0 Å². The van der Waals surface area contributed by atoms with Crippen LogP contribution < -0.4 is 19.8 Å². The molecule has 172 valence electrons. The molecule has 0 bridgehead atoms. The van der Waals surface area contributed by atoms with E-state index in [4.69, 9.17) is 14.2 Å². The molecule has 1 amide bonds. The summed E-state index contributed by atoms with van der Waals surface area (Å²) < 4.78 is 17.8. The van der Waals surface area contributed by atoms with Gasteiger partial charge in [0.25, 0.3) is 11.5 Å². The van der Waals surface area contributed by atoms with Crippen molar-refractivity contribution < 1.29 is 19.0 Å². The van der Waals surface area contributed by atoms with Gasteiger partial charge < -0.3 is 19.1 Å². The molecule has 0 saturated carbocycles. The molecule has 1 atom stereocenters. The highest BCUT2D eigenvalue weighted by molar-refractivity contribution is 5.92. The molecular formula is C25H27N3O5. The minimum absolute atomic E-state index is 0.176. The molecule has 0 aliphatic carbocycles. The summed E-state index contributed by atoms with van der Waals surface area (Å²) in [6.07, 6.45) is 0.691. The van der Waals surface area contributed by atoms with Gasteiger partial charge in [-0.2, -0.15) is 5.10 Å². The highest BCUT2D eigenvalue weighted by Crippen LogP contribution is 2.38. The normalized spacial score (nSPS) is 15.0. The molecule has 8 heteroatoms. The Morgan fingerprint density at radius 1 is 1.06 bits per heavy atom. The Labute approximate surface area is 192 Å². The summed E-state index contributed by atoms with van der Waals surface area (Å²) in [5.41, 5.74) is 2.08. The zero-order valence-electron chi connectivity index (χ0n) is 19.0. The van der Waals surface area contributed by atoms with Crippen molar-refractivity contribution >= 4 is 5.91 Å². The van der Waals surface area contributed by atoms with E-state index in [2.05, 4.69) is 5.10 Å². The first-order valence-electron chi connectivity index (χ1n) is 10.8. The Balaban J connectivity index is 1.51. The van der Waals surface area contributed by atoms with Crippen LogP contribution in [-0.4, -0.2) is 48.0 Å². The third-order valence-electron chi connectivity index (χ3n) is 5.85. The van der Waals surface area contributed by atoms with Crippen molar-refractivity contribution in [2.75, 3.05) is 27.4 Å². The quantitative estimate of drug-likeness (QED) is 0.551. The van der Waals surface area contributed by atoms with Gasteiger partial charge in [0.1, 0.15) is 18.1 Å². The SMILES string of the molecule is COc1cc2c(cc1OC)[C@@H](C)N(C(=O)c1ccc(=O)n(CCOc3ccccc3)n1)CC2. The highest BCUT2D eigenvalue weighted by atomic mass is 16.5. The average molecular weight is 450 g/mol. The first-order chi connectivity index (χ1) is 16.0. The van der Waals surface area contributed by atoms with Gasteiger partial charge in [-0.05, 0) is 54.8 Å². The van der Waals surface area contributed by atoms with E-state index in [1.54, 1.807) is 19.1 Å². The van der Waals surface area contributed by atoms with Crippen LogP contribution in [0, 0.1) is 0 Å². The molecule has 3 aromatic rings. The van der Waals surface area contributed by atoms with Crippen molar-refractivity contribution in [1.82, 2.24) is 14.7 Å². The number of rotatable bonds is 7. The molecule has 8 nitrogen and oxygen atoms in total. The number of para-hydroxylation sites is 1. The largest absolute Gasteiger partial charge is 0.493 e. The number of nitrogens with zero attached hydrogens (tertiary/aromatic N) is 3. The number of hydrogen-bond donors (Lipinski definition) is 0. The van der Waals surface area contributed by atoms with Gasteiger partial charge in [0.2, 0.25) is 0 Å². The van der Waals surface area contributed by atoms with E-state index in [0.29, 0.717) is 30.2 Å². The van der Waals surface area contributed by atoms with Crippen molar-refractivity contribution in [3.8, 4) is 17.2 Å². The van der Waals surface area contributed by atoms with Crippen LogP contribution in [0.4, 0.5) is 0 Å². The maximum atomic E-state index is 13.3. The maximum Gasteiger partial charge on any atom is 0.274 e. The van der Waals surface area contributed by atoms with Gasteiger partial charge in [0.05, 0.1) is 26.8 Å². The first-order valence-corrected chi connectivity index (χ1v) is 10.8. The predicted octanol–water partition coefficient (Wildman–Crippen LogP) is 3.10. The van der Waals surface area contributed by atoms with E-state index in [0.717, 1.165) is 11.1 Å². The highest BCUT2D eigenvalue weighted by Gasteiger charge is 2.30. The summed E-state index contributed by atoms with van der Waals surface area (Å²) in [7, 11) is 3.20. The lowest BCUT2D eigenvalue weighted by molar-refractivity contribution is 0.0667. The van der Waals surface area contributed by atoms with Gasteiger partial charge in [-0.25, -0.2) is 4.68 Å². The Morgan fingerprint density at radius 3 is 2.52 bits per heavy atom. The smallest absolute Gasteiger partial charge is 0.274 e. The number of carbonyl (C=O) groups excluding carboxylic acids is 1. The van der Waals surface area contributed by atoms with Crippen molar-refractivity contribution in [1.29, 1.82) is 0 Å². The number of aromatic nitrogens is 2. The van der Waals surface area contributed by atoms with Crippen molar-refractivity contribution in [3.63, 3.8) is 0 Å². The lowest BCUT2D eigenvalue weighted by atomic mass is 9.92.